The fraction of sp³-hybridized carbons (Fsp3) is 0.435. The smallest absolute Gasteiger partial charge is 0.123 e. The minimum absolute atomic E-state index is 0.184. The van der Waals surface area contributed by atoms with Gasteiger partial charge in [-0.1, -0.05) is 42.5 Å². The van der Waals surface area contributed by atoms with Gasteiger partial charge in [-0.3, -0.25) is 0 Å². The van der Waals surface area contributed by atoms with Crippen molar-refractivity contribution >= 4 is 0 Å². The van der Waals surface area contributed by atoms with Gasteiger partial charge in [-0.2, -0.15) is 5.26 Å². The number of nitrogens with zero attached hydrogens (tertiary/aromatic N) is 2. The summed E-state index contributed by atoms with van der Waals surface area (Å²) in [5, 5.41) is 9.99. The summed E-state index contributed by atoms with van der Waals surface area (Å²) < 4.78 is 13.0. The van der Waals surface area contributed by atoms with Crippen molar-refractivity contribution in [1.29, 1.82) is 5.26 Å². The fourth-order valence-corrected chi connectivity index (χ4v) is 3.82. The minimum atomic E-state index is -0.320. The normalized spacial score (nSPS) is 16.2. The molecule has 0 saturated heterocycles. The number of likely N-dealkylation sites (N-methyl/N-ethyl adjacent to an activating group) is 1. The lowest BCUT2D eigenvalue weighted by atomic mass is 9.74. The van der Waals surface area contributed by atoms with Crippen molar-refractivity contribution in [2.24, 2.45) is 5.92 Å². The topological polar surface area (TPSA) is 27.0 Å². The number of rotatable bonds is 9. The van der Waals surface area contributed by atoms with Crippen LogP contribution in [0.25, 0.3) is 0 Å². The summed E-state index contributed by atoms with van der Waals surface area (Å²) in [5.41, 5.74) is 2.02. The minimum Gasteiger partial charge on any atom is -0.306 e. The van der Waals surface area contributed by atoms with E-state index in [1.165, 1.54) is 30.5 Å². The number of benzene rings is 2. The molecule has 2 aromatic carbocycles. The summed E-state index contributed by atoms with van der Waals surface area (Å²) >= 11 is 0. The van der Waals surface area contributed by atoms with Crippen molar-refractivity contribution in [3.8, 4) is 6.07 Å². The fourth-order valence-electron chi connectivity index (χ4n) is 3.82. The van der Waals surface area contributed by atoms with Crippen LogP contribution in [0.3, 0.4) is 0 Å². The quantitative estimate of drug-likeness (QED) is 0.640. The first-order valence-electron chi connectivity index (χ1n) is 9.54. The van der Waals surface area contributed by atoms with Crippen LogP contribution in [0.4, 0.5) is 4.39 Å². The van der Waals surface area contributed by atoms with E-state index in [2.05, 4.69) is 30.1 Å². The number of hydrogen-bond donors (Lipinski definition) is 0. The van der Waals surface area contributed by atoms with Gasteiger partial charge in [-0.05, 0) is 74.9 Å². The zero-order valence-corrected chi connectivity index (χ0v) is 15.5. The maximum Gasteiger partial charge on any atom is 0.123 e. The van der Waals surface area contributed by atoms with Crippen LogP contribution in [0.5, 0.6) is 0 Å². The Kier molecular flexibility index (Phi) is 6.06. The van der Waals surface area contributed by atoms with E-state index in [4.69, 9.17) is 0 Å². The Morgan fingerprint density at radius 1 is 1.08 bits per heavy atom. The molecule has 136 valence electrons. The number of hydrogen-bond acceptors (Lipinski definition) is 2. The molecule has 1 unspecified atom stereocenters. The van der Waals surface area contributed by atoms with Crippen LogP contribution in [0.2, 0.25) is 0 Å². The SMILES string of the molecule is CN(CCCC(C#N)(c1ccccc1)C1CC1)CCc1ccc(F)cc1. The van der Waals surface area contributed by atoms with Crippen molar-refractivity contribution in [1.82, 2.24) is 4.90 Å². The summed E-state index contributed by atoms with van der Waals surface area (Å²) in [6.07, 6.45) is 5.19. The molecule has 2 aromatic rings. The zero-order chi connectivity index (χ0) is 18.4. The van der Waals surface area contributed by atoms with E-state index in [0.717, 1.165) is 37.9 Å². The molecule has 3 heteroatoms. The highest BCUT2D eigenvalue weighted by molar-refractivity contribution is 5.35. The molecule has 0 aromatic heterocycles. The standard InChI is InChI=1S/C23H27FN2/c1-26(17-14-19-8-12-22(24)13-9-19)16-5-15-23(18-25,21-10-11-21)20-6-3-2-4-7-20/h2-4,6-9,12-13,21H,5,10-11,14-17H2,1H3. The molecule has 0 radical (unpaired) electrons. The third kappa shape index (κ3) is 4.51. The number of halogens is 1. The Labute approximate surface area is 156 Å². The molecule has 26 heavy (non-hydrogen) atoms. The summed E-state index contributed by atoms with van der Waals surface area (Å²) in [4.78, 5) is 2.31. The van der Waals surface area contributed by atoms with E-state index >= 15 is 0 Å². The number of nitriles is 1. The van der Waals surface area contributed by atoms with E-state index in [0.29, 0.717) is 5.92 Å². The van der Waals surface area contributed by atoms with E-state index < -0.39 is 0 Å². The molecule has 3 rings (SSSR count). The molecule has 0 spiro atoms. The maximum absolute atomic E-state index is 13.0. The van der Waals surface area contributed by atoms with Gasteiger partial charge in [0.05, 0.1) is 11.5 Å². The summed E-state index contributed by atoms with van der Waals surface area (Å²) in [5.74, 6) is 0.329. The van der Waals surface area contributed by atoms with Crippen LogP contribution in [0.15, 0.2) is 54.6 Å². The van der Waals surface area contributed by atoms with Gasteiger partial charge in [0.1, 0.15) is 5.82 Å². The van der Waals surface area contributed by atoms with Crippen molar-refractivity contribution in [2.75, 3.05) is 20.1 Å². The van der Waals surface area contributed by atoms with Crippen LogP contribution < -0.4 is 0 Å². The second-order valence-electron chi connectivity index (χ2n) is 7.51. The third-order valence-electron chi connectivity index (χ3n) is 5.57. The molecule has 0 N–H and O–H groups in total. The molecule has 0 bridgehead atoms. The zero-order valence-electron chi connectivity index (χ0n) is 15.5. The lowest BCUT2D eigenvalue weighted by Crippen LogP contribution is -2.29. The van der Waals surface area contributed by atoms with E-state index in [9.17, 15) is 9.65 Å². The van der Waals surface area contributed by atoms with Crippen molar-refractivity contribution in [3.63, 3.8) is 0 Å². The van der Waals surface area contributed by atoms with Crippen LogP contribution in [-0.2, 0) is 11.8 Å². The molecule has 1 aliphatic carbocycles. The average molecular weight is 350 g/mol. The second-order valence-corrected chi connectivity index (χ2v) is 7.51. The lowest BCUT2D eigenvalue weighted by Gasteiger charge is -2.28. The van der Waals surface area contributed by atoms with Gasteiger partial charge in [0.25, 0.3) is 0 Å². The van der Waals surface area contributed by atoms with Crippen LogP contribution >= 0.6 is 0 Å². The monoisotopic (exact) mass is 350 g/mol. The highest BCUT2D eigenvalue weighted by atomic mass is 19.1. The molecule has 1 atom stereocenters. The van der Waals surface area contributed by atoms with Gasteiger partial charge in [-0.25, -0.2) is 4.39 Å². The third-order valence-corrected chi connectivity index (χ3v) is 5.57. The first-order chi connectivity index (χ1) is 12.6. The lowest BCUT2D eigenvalue weighted by molar-refractivity contribution is 0.308. The highest BCUT2D eigenvalue weighted by Crippen LogP contribution is 2.49. The Morgan fingerprint density at radius 2 is 1.77 bits per heavy atom. The first kappa shape index (κ1) is 18.6. The molecule has 0 amide bonds. The molecular weight excluding hydrogens is 323 g/mol. The van der Waals surface area contributed by atoms with E-state index in [-0.39, 0.29) is 11.2 Å². The average Bonchev–Trinajstić information content (AvgIpc) is 3.51. The van der Waals surface area contributed by atoms with E-state index in [1.54, 1.807) is 0 Å². The van der Waals surface area contributed by atoms with Gasteiger partial charge in [-0.15, -0.1) is 0 Å². The first-order valence-corrected chi connectivity index (χ1v) is 9.54. The molecule has 1 saturated carbocycles. The Morgan fingerprint density at radius 3 is 2.38 bits per heavy atom. The van der Waals surface area contributed by atoms with Crippen molar-refractivity contribution in [3.05, 3.63) is 71.5 Å². The molecule has 1 aliphatic rings. The summed E-state index contributed by atoms with van der Waals surface area (Å²) in [6, 6.07) is 19.7. The predicted molar refractivity (Wildman–Crippen MR) is 103 cm³/mol. The summed E-state index contributed by atoms with van der Waals surface area (Å²) in [7, 11) is 2.12. The van der Waals surface area contributed by atoms with Crippen LogP contribution in [0.1, 0.15) is 36.8 Å². The van der Waals surface area contributed by atoms with Crippen LogP contribution in [-0.4, -0.2) is 25.0 Å². The van der Waals surface area contributed by atoms with Crippen molar-refractivity contribution in [2.45, 2.75) is 37.5 Å². The predicted octanol–water partition coefficient (Wildman–Crippen LogP) is 4.95. The van der Waals surface area contributed by atoms with Gasteiger partial charge >= 0.3 is 0 Å². The van der Waals surface area contributed by atoms with Crippen molar-refractivity contribution < 1.29 is 4.39 Å². The Hall–Kier alpha value is -2.18. The van der Waals surface area contributed by atoms with Gasteiger partial charge in [0.15, 0.2) is 0 Å². The van der Waals surface area contributed by atoms with Gasteiger partial charge in [0.2, 0.25) is 0 Å². The molecule has 1 fully saturated rings. The maximum atomic E-state index is 13.0. The summed E-state index contributed by atoms with van der Waals surface area (Å²) in [6.45, 7) is 1.92. The largest absolute Gasteiger partial charge is 0.306 e. The molecule has 0 aliphatic heterocycles. The highest BCUT2D eigenvalue weighted by Gasteiger charge is 2.46. The van der Waals surface area contributed by atoms with Gasteiger partial charge in [0, 0.05) is 6.54 Å². The molecule has 0 heterocycles. The van der Waals surface area contributed by atoms with Crippen LogP contribution in [0, 0.1) is 23.1 Å². The molecular formula is C23H27FN2. The van der Waals surface area contributed by atoms with E-state index in [1.807, 2.05) is 30.3 Å². The molecule has 2 nitrogen and oxygen atoms in total. The Balaban J connectivity index is 1.52. The second kappa shape index (κ2) is 8.47. The van der Waals surface area contributed by atoms with Gasteiger partial charge < -0.3 is 4.90 Å². The Bertz CT molecular complexity index is 731.